The second-order valence-corrected chi connectivity index (χ2v) is 6.01. The van der Waals surface area contributed by atoms with E-state index in [-0.39, 0.29) is 25.6 Å². The fourth-order valence-corrected chi connectivity index (χ4v) is 2.59. The fourth-order valence-electron chi connectivity index (χ4n) is 2.59. The molecule has 2 aromatic carbocycles. The van der Waals surface area contributed by atoms with E-state index < -0.39 is 24.5 Å². The molecule has 0 spiro atoms. The Kier molecular flexibility index (Phi) is 5.87. The third kappa shape index (κ3) is 4.95. The van der Waals surface area contributed by atoms with Crippen molar-refractivity contribution in [2.45, 2.75) is 19.0 Å². The zero-order valence-corrected chi connectivity index (χ0v) is 14.4. The number of rotatable bonds is 7. The van der Waals surface area contributed by atoms with Gasteiger partial charge in [0.05, 0.1) is 13.0 Å². The number of fused-ring (bicyclic) bond motifs is 1. The van der Waals surface area contributed by atoms with Gasteiger partial charge in [-0.15, -0.1) is 0 Å². The van der Waals surface area contributed by atoms with E-state index in [1.54, 1.807) is 30.3 Å². The molecule has 0 bridgehead atoms. The number of benzene rings is 2. The normalized spacial score (nSPS) is 13.1. The number of amides is 2. The van der Waals surface area contributed by atoms with Crippen LogP contribution in [0.3, 0.4) is 0 Å². The van der Waals surface area contributed by atoms with E-state index in [9.17, 15) is 19.1 Å². The van der Waals surface area contributed by atoms with Crippen LogP contribution < -0.4 is 20.1 Å². The largest absolute Gasteiger partial charge is 0.454 e. The van der Waals surface area contributed by atoms with Gasteiger partial charge in [-0.1, -0.05) is 18.2 Å². The molecule has 0 aliphatic carbocycles. The molecule has 1 atom stereocenters. The molecule has 1 aliphatic rings. The average molecular weight is 374 g/mol. The summed E-state index contributed by atoms with van der Waals surface area (Å²) in [6, 6.07) is 9.73. The van der Waals surface area contributed by atoms with Gasteiger partial charge in [-0.2, -0.15) is 0 Å². The van der Waals surface area contributed by atoms with Gasteiger partial charge in [0.1, 0.15) is 11.9 Å². The molecule has 0 unspecified atom stereocenters. The zero-order valence-electron chi connectivity index (χ0n) is 14.4. The zero-order chi connectivity index (χ0) is 19.2. The average Bonchev–Trinajstić information content (AvgIpc) is 3.13. The monoisotopic (exact) mass is 374 g/mol. The molecule has 142 valence electrons. The van der Waals surface area contributed by atoms with Crippen LogP contribution >= 0.6 is 0 Å². The number of nitrogens with one attached hydrogen (secondary N) is 2. The highest BCUT2D eigenvalue weighted by Crippen LogP contribution is 2.32. The molecule has 3 rings (SSSR count). The summed E-state index contributed by atoms with van der Waals surface area (Å²) in [4.78, 5) is 24.3. The number of halogens is 1. The number of hydrogen-bond acceptors (Lipinski definition) is 5. The van der Waals surface area contributed by atoms with E-state index in [0.29, 0.717) is 22.6 Å². The first-order chi connectivity index (χ1) is 13.0. The van der Waals surface area contributed by atoms with Crippen molar-refractivity contribution in [3.63, 3.8) is 0 Å². The quantitative estimate of drug-likeness (QED) is 0.669. The minimum Gasteiger partial charge on any atom is -0.454 e. The summed E-state index contributed by atoms with van der Waals surface area (Å²) in [7, 11) is 0. The molecule has 3 N–H and O–H groups in total. The van der Waals surface area contributed by atoms with Gasteiger partial charge >= 0.3 is 0 Å². The smallest absolute Gasteiger partial charge is 0.245 e. The van der Waals surface area contributed by atoms with Gasteiger partial charge in [0.2, 0.25) is 18.6 Å². The van der Waals surface area contributed by atoms with Crippen molar-refractivity contribution in [2.24, 2.45) is 0 Å². The van der Waals surface area contributed by atoms with Gasteiger partial charge in [-0.05, 0) is 35.4 Å². The molecule has 2 amide bonds. The minimum atomic E-state index is -1.08. The SMILES string of the molecule is O=C(Cc1ccc2c(c1)OCO2)N[C@@H](CO)C(=O)NCc1ccc(F)cc1. The number of hydrogen-bond donors (Lipinski definition) is 3. The molecule has 0 saturated carbocycles. The maximum atomic E-state index is 12.9. The number of carbonyl (C=O) groups is 2. The minimum absolute atomic E-state index is 0.0262. The lowest BCUT2D eigenvalue weighted by molar-refractivity contribution is -0.129. The Morgan fingerprint density at radius 3 is 2.52 bits per heavy atom. The van der Waals surface area contributed by atoms with Crippen LogP contribution in [0.15, 0.2) is 42.5 Å². The summed E-state index contributed by atoms with van der Waals surface area (Å²) in [5.41, 5.74) is 1.40. The highest BCUT2D eigenvalue weighted by molar-refractivity contribution is 5.88. The van der Waals surface area contributed by atoms with Crippen molar-refractivity contribution in [3.8, 4) is 11.5 Å². The highest BCUT2D eigenvalue weighted by Gasteiger charge is 2.20. The first-order valence-corrected chi connectivity index (χ1v) is 8.36. The van der Waals surface area contributed by atoms with Gasteiger partial charge in [0, 0.05) is 6.54 Å². The van der Waals surface area contributed by atoms with Gasteiger partial charge in [-0.25, -0.2) is 4.39 Å². The number of aliphatic hydroxyl groups is 1. The molecule has 27 heavy (non-hydrogen) atoms. The highest BCUT2D eigenvalue weighted by atomic mass is 19.1. The van der Waals surface area contributed by atoms with Gasteiger partial charge in [0.25, 0.3) is 0 Å². The van der Waals surface area contributed by atoms with Crippen LogP contribution in [0, 0.1) is 5.82 Å². The predicted octanol–water partition coefficient (Wildman–Crippen LogP) is 0.890. The number of ether oxygens (including phenoxy) is 2. The standard InChI is InChI=1S/C19H19FN2O5/c20-14-4-1-12(2-5-14)9-21-19(25)15(10-23)22-18(24)8-13-3-6-16-17(7-13)27-11-26-16/h1-7,15,23H,8-11H2,(H,21,25)(H,22,24)/t15-/m0/s1. The molecular formula is C19H19FN2O5. The van der Waals surface area contributed by atoms with E-state index in [2.05, 4.69) is 10.6 Å². The second-order valence-electron chi connectivity index (χ2n) is 6.01. The van der Waals surface area contributed by atoms with Crippen molar-refractivity contribution in [1.82, 2.24) is 10.6 Å². The van der Waals surface area contributed by atoms with Gasteiger partial charge in [0.15, 0.2) is 11.5 Å². The number of carbonyl (C=O) groups excluding carboxylic acids is 2. The first kappa shape index (κ1) is 18.7. The van der Waals surface area contributed by atoms with Crippen LogP contribution in [-0.2, 0) is 22.6 Å². The number of aliphatic hydroxyl groups excluding tert-OH is 1. The van der Waals surface area contributed by atoms with E-state index in [1.165, 1.54) is 12.1 Å². The Morgan fingerprint density at radius 1 is 1.07 bits per heavy atom. The van der Waals surface area contributed by atoms with Gasteiger partial charge in [-0.3, -0.25) is 9.59 Å². The summed E-state index contributed by atoms with van der Waals surface area (Å²) < 4.78 is 23.4. The van der Waals surface area contributed by atoms with Crippen molar-refractivity contribution >= 4 is 11.8 Å². The van der Waals surface area contributed by atoms with E-state index >= 15 is 0 Å². The predicted molar refractivity (Wildman–Crippen MR) is 93.5 cm³/mol. The summed E-state index contributed by atoms with van der Waals surface area (Å²) in [5, 5.41) is 14.5. The van der Waals surface area contributed by atoms with E-state index in [0.717, 1.165) is 0 Å². The molecular weight excluding hydrogens is 355 g/mol. The van der Waals surface area contributed by atoms with Crippen LogP contribution in [0.4, 0.5) is 4.39 Å². The molecule has 0 radical (unpaired) electrons. The van der Waals surface area contributed by atoms with E-state index in [1.807, 2.05) is 0 Å². The maximum absolute atomic E-state index is 12.9. The van der Waals surface area contributed by atoms with E-state index in [4.69, 9.17) is 9.47 Å². The lowest BCUT2D eigenvalue weighted by Crippen LogP contribution is -2.49. The van der Waals surface area contributed by atoms with Crippen molar-refractivity contribution in [1.29, 1.82) is 0 Å². The van der Waals surface area contributed by atoms with Gasteiger partial charge < -0.3 is 25.2 Å². The third-order valence-corrected chi connectivity index (χ3v) is 4.02. The Bertz CT molecular complexity index is 825. The second kappa shape index (κ2) is 8.50. The Morgan fingerprint density at radius 2 is 1.78 bits per heavy atom. The third-order valence-electron chi connectivity index (χ3n) is 4.02. The van der Waals surface area contributed by atoms with Crippen LogP contribution in [-0.4, -0.2) is 36.4 Å². The Balaban J connectivity index is 1.51. The molecule has 8 heteroatoms. The lowest BCUT2D eigenvalue weighted by atomic mass is 10.1. The molecule has 0 aromatic heterocycles. The Hall–Kier alpha value is -3.13. The topological polar surface area (TPSA) is 96.9 Å². The Labute approximate surface area is 155 Å². The maximum Gasteiger partial charge on any atom is 0.245 e. The fraction of sp³-hybridized carbons (Fsp3) is 0.263. The molecule has 2 aromatic rings. The van der Waals surface area contributed by atoms with Crippen molar-refractivity contribution in [3.05, 3.63) is 59.4 Å². The van der Waals surface area contributed by atoms with Crippen LogP contribution in [0.2, 0.25) is 0 Å². The molecule has 7 nitrogen and oxygen atoms in total. The summed E-state index contributed by atoms with van der Waals surface area (Å²) >= 11 is 0. The molecule has 0 fully saturated rings. The lowest BCUT2D eigenvalue weighted by Gasteiger charge is -2.16. The summed E-state index contributed by atoms with van der Waals surface area (Å²) in [5.74, 6) is -0.122. The summed E-state index contributed by atoms with van der Waals surface area (Å²) in [6.45, 7) is -0.235. The van der Waals surface area contributed by atoms with Crippen molar-refractivity contribution in [2.75, 3.05) is 13.4 Å². The molecule has 0 saturated heterocycles. The molecule has 1 heterocycles. The molecule has 1 aliphatic heterocycles. The van der Waals surface area contributed by atoms with Crippen LogP contribution in [0.1, 0.15) is 11.1 Å². The van der Waals surface area contributed by atoms with Crippen LogP contribution in [0.25, 0.3) is 0 Å². The first-order valence-electron chi connectivity index (χ1n) is 8.36. The van der Waals surface area contributed by atoms with Crippen molar-refractivity contribution < 1.29 is 28.6 Å². The summed E-state index contributed by atoms with van der Waals surface area (Å²) in [6.07, 6.45) is 0.0262. The van der Waals surface area contributed by atoms with Crippen LogP contribution in [0.5, 0.6) is 11.5 Å².